The Morgan fingerprint density at radius 2 is 2.07 bits per heavy atom. The molecule has 0 spiro atoms. The zero-order valence-corrected chi connectivity index (χ0v) is 18.6. The first-order chi connectivity index (χ1) is 14.0. The van der Waals surface area contributed by atoms with Gasteiger partial charge in [-0.2, -0.15) is 0 Å². The fourth-order valence-corrected chi connectivity index (χ4v) is 5.32. The van der Waals surface area contributed by atoms with Gasteiger partial charge in [0.05, 0.1) is 23.4 Å². The van der Waals surface area contributed by atoms with E-state index in [1.54, 1.807) is 13.1 Å². The molecule has 0 bridgehead atoms. The molecule has 2 N–H and O–H groups in total. The minimum atomic E-state index is 0.0413. The van der Waals surface area contributed by atoms with Gasteiger partial charge in [-0.25, -0.2) is 0 Å². The summed E-state index contributed by atoms with van der Waals surface area (Å²) in [7, 11) is 0. The molecule has 1 aromatic carbocycles. The van der Waals surface area contributed by atoms with Gasteiger partial charge >= 0.3 is 0 Å². The summed E-state index contributed by atoms with van der Waals surface area (Å²) < 4.78 is 0.989. The summed E-state index contributed by atoms with van der Waals surface area (Å²) >= 11 is 3.55. The summed E-state index contributed by atoms with van der Waals surface area (Å²) in [5, 5.41) is 14.3. The van der Waals surface area contributed by atoms with Crippen LogP contribution in [0.25, 0.3) is 10.9 Å². The second-order valence-electron chi connectivity index (χ2n) is 8.60. The monoisotopic (exact) mass is 459 g/mol. The predicted molar refractivity (Wildman–Crippen MR) is 120 cm³/mol. The quantitative estimate of drug-likeness (QED) is 0.616. The Balaban J connectivity index is 1.45. The van der Waals surface area contributed by atoms with Crippen molar-refractivity contribution in [2.75, 3.05) is 25.0 Å². The molecular weight excluding hydrogens is 430 g/mol. The van der Waals surface area contributed by atoms with Crippen LogP contribution in [-0.4, -0.2) is 52.6 Å². The second-order valence-corrected chi connectivity index (χ2v) is 9.52. The lowest BCUT2D eigenvalue weighted by Crippen LogP contribution is -2.38. The third kappa shape index (κ3) is 4.65. The highest BCUT2D eigenvalue weighted by molar-refractivity contribution is 9.10. The Hall–Kier alpha value is -1.50. The number of halogens is 1. The third-order valence-electron chi connectivity index (χ3n) is 6.61. The number of aromatic nitrogens is 1. The summed E-state index contributed by atoms with van der Waals surface area (Å²) in [6.07, 6.45) is 8.64. The number of aliphatic hydroxyl groups excluding tert-OH is 1. The number of aliphatic hydroxyl groups is 1. The topological polar surface area (TPSA) is 65.5 Å². The Bertz CT molecular complexity index is 880. The second kappa shape index (κ2) is 9.11. The van der Waals surface area contributed by atoms with Gasteiger partial charge in [-0.3, -0.25) is 14.7 Å². The molecule has 0 amide bonds. The van der Waals surface area contributed by atoms with Crippen LogP contribution in [-0.2, 0) is 0 Å². The number of ketones is 1. The molecule has 0 unspecified atom stereocenters. The third-order valence-corrected chi connectivity index (χ3v) is 7.10. The molecule has 1 atom stereocenters. The van der Waals surface area contributed by atoms with Crippen LogP contribution in [0.2, 0.25) is 0 Å². The highest BCUT2D eigenvalue weighted by Gasteiger charge is 2.29. The van der Waals surface area contributed by atoms with Gasteiger partial charge in [-0.15, -0.1) is 0 Å². The number of Topliss-reactive ketones (excluding diaryl/α,β-unsaturated/α-hetero) is 1. The van der Waals surface area contributed by atoms with Crippen molar-refractivity contribution < 1.29 is 9.90 Å². The first-order valence-corrected chi connectivity index (χ1v) is 11.5. The summed E-state index contributed by atoms with van der Waals surface area (Å²) in [4.78, 5) is 19.2. The Morgan fingerprint density at radius 1 is 1.28 bits per heavy atom. The highest BCUT2D eigenvalue weighted by atomic mass is 79.9. The molecule has 1 saturated heterocycles. The number of likely N-dealkylation sites (tertiary alicyclic amines) is 1. The van der Waals surface area contributed by atoms with Crippen LogP contribution < -0.4 is 5.32 Å². The van der Waals surface area contributed by atoms with Crippen LogP contribution in [0.15, 0.2) is 28.9 Å². The van der Waals surface area contributed by atoms with Gasteiger partial charge in [-0.1, -0.05) is 15.9 Å². The number of benzene rings is 1. The van der Waals surface area contributed by atoms with Crippen molar-refractivity contribution in [1.29, 1.82) is 0 Å². The normalized spacial score (nSPS) is 25.4. The minimum Gasteiger partial charge on any atom is -0.395 e. The first kappa shape index (κ1) is 20.8. The number of pyridine rings is 1. The van der Waals surface area contributed by atoms with Gasteiger partial charge in [0.1, 0.15) is 0 Å². The van der Waals surface area contributed by atoms with E-state index in [0.29, 0.717) is 23.6 Å². The van der Waals surface area contributed by atoms with Crippen LogP contribution in [0.1, 0.15) is 55.8 Å². The molecule has 5 nitrogen and oxygen atoms in total. The largest absolute Gasteiger partial charge is 0.395 e. The molecule has 1 aromatic heterocycles. The van der Waals surface area contributed by atoms with Gasteiger partial charge in [-0.05, 0) is 76.1 Å². The molecule has 1 saturated carbocycles. The predicted octanol–water partition coefficient (Wildman–Crippen LogP) is 4.63. The number of nitrogens with zero attached hydrogens (tertiary/aromatic N) is 2. The maximum atomic E-state index is 12.2. The molecule has 2 aliphatic rings. The highest BCUT2D eigenvalue weighted by Crippen LogP contribution is 2.34. The van der Waals surface area contributed by atoms with Crippen LogP contribution >= 0.6 is 15.9 Å². The van der Waals surface area contributed by atoms with Gasteiger partial charge in [0.25, 0.3) is 0 Å². The first-order valence-electron chi connectivity index (χ1n) is 10.8. The van der Waals surface area contributed by atoms with E-state index in [4.69, 9.17) is 0 Å². The van der Waals surface area contributed by atoms with Crippen molar-refractivity contribution in [2.45, 2.75) is 57.5 Å². The lowest BCUT2D eigenvalue weighted by atomic mass is 9.85. The van der Waals surface area contributed by atoms with Gasteiger partial charge < -0.3 is 10.4 Å². The SMILES string of the molecule is CC(=O)c1cnc2ccc(Br)cc2c1NC1CCC(CN2CCC[C@H]2CO)CC1. The maximum absolute atomic E-state index is 12.2. The lowest BCUT2D eigenvalue weighted by Gasteiger charge is -2.34. The summed E-state index contributed by atoms with van der Waals surface area (Å²) in [6.45, 7) is 4.14. The number of hydrogen-bond acceptors (Lipinski definition) is 5. The number of hydrogen-bond donors (Lipinski definition) is 2. The molecule has 6 heteroatoms. The molecule has 2 heterocycles. The molecule has 29 heavy (non-hydrogen) atoms. The standard InChI is InChI=1S/C23H30BrN3O2/c1-15(29)21-12-25-22-9-6-17(24)11-20(22)23(21)26-18-7-4-16(5-8-18)13-27-10-2-3-19(27)14-28/h6,9,11-12,16,18-19,28H,2-5,7-8,10,13-14H2,1H3,(H,25,26)/t16?,18?,19-/m0/s1. The number of rotatable bonds is 6. The molecule has 156 valence electrons. The summed E-state index contributed by atoms with van der Waals surface area (Å²) in [5.41, 5.74) is 2.49. The lowest BCUT2D eigenvalue weighted by molar-refractivity contribution is 0.101. The Kier molecular flexibility index (Phi) is 6.52. The van der Waals surface area contributed by atoms with Gasteiger partial charge in [0, 0.05) is 34.7 Å². The van der Waals surface area contributed by atoms with Crippen molar-refractivity contribution in [3.63, 3.8) is 0 Å². The van der Waals surface area contributed by atoms with Gasteiger partial charge in [0.15, 0.2) is 5.78 Å². The van der Waals surface area contributed by atoms with Crippen molar-refractivity contribution in [2.24, 2.45) is 5.92 Å². The van der Waals surface area contributed by atoms with E-state index in [-0.39, 0.29) is 12.4 Å². The zero-order valence-electron chi connectivity index (χ0n) is 17.0. The summed E-state index contributed by atoms with van der Waals surface area (Å²) in [5.74, 6) is 0.746. The fraction of sp³-hybridized carbons (Fsp3) is 0.565. The average molecular weight is 460 g/mol. The van der Waals surface area contributed by atoms with E-state index in [9.17, 15) is 9.90 Å². The fourth-order valence-electron chi connectivity index (χ4n) is 4.95. The average Bonchev–Trinajstić information content (AvgIpc) is 3.16. The van der Waals surface area contributed by atoms with Crippen LogP contribution in [0.5, 0.6) is 0 Å². The molecule has 1 aliphatic heterocycles. The van der Waals surface area contributed by atoms with E-state index >= 15 is 0 Å². The zero-order chi connectivity index (χ0) is 20.4. The smallest absolute Gasteiger partial charge is 0.163 e. The van der Waals surface area contributed by atoms with E-state index in [1.165, 1.54) is 19.3 Å². The molecule has 1 aliphatic carbocycles. The van der Waals surface area contributed by atoms with Crippen LogP contribution in [0, 0.1) is 5.92 Å². The molecular formula is C23H30BrN3O2. The van der Waals surface area contributed by atoms with Crippen molar-refractivity contribution in [3.05, 3.63) is 34.4 Å². The van der Waals surface area contributed by atoms with Crippen LogP contribution in [0.4, 0.5) is 5.69 Å². The number of anilines is 1. The molecule has 2 fully saturated rings. The maximum Gasteiger partial charge on any atom is 0.163 e. The van der Waals surface area contributed by atoms with Gasteiger partial charge in [0.2, 0.25) is 0 Å². The Morgan fingerprint density at radius 3 is 2.79 bits per heavy atom. The number of carbonyl (C=O) groups excluding carboxylic acids is 1. The van der Waals surface area contributed by atoms with E-state index in [1.807, 2.05) is 18.2 Å². The number of nitrogens with one attached hydrogen (secondary N) is 1. The van der Waals surface area contributed by atoms with Crippen molar-refractivity contribution in [1.82, 2.24) is 9.88 Å². The molecule has 2 aromatic rings. The molecule has 0 radical (unpaired) electrons. The van der Waals surface area contributed by atoms with Crippen molar-refractivity contribution >= 4 is 38.3 Å². The number of carbonyl (C=O) groups is 1. The number of fused-ring (bicyclic) bond motifs is 1. The van der Waals surface area contributed by atoms with E-state index in [2.05, 4.69) is 31.1 Å². The van der Waals surface area contributed by atoms with E-state index in [0.717, 1.165) is 53.4 Å². The Labute approximate surface area is 181 Å². The van der Waals surface area contributed by atoms with E-state index < -0.39 is 0 Å². The molecule has 4 rings (SSSR count). The minimum absolute atomic E-state index is 0.0413. The summed E-state index contributed by atoms with van der Waals surface area (Å²) in [6, 6.07) is 6.76. The van der Waals surface area contributed by atoms with Crippen LogP contribution in [0.3, 0.4) is 0 Å². The van der Waals surface area contributed by atoms with Crippen molar-refractivity contribution in [3.8, 4) is 0 Å².